The van der Waals surface area contributed by atoms with Gasteiger partial charge in [-0.3, -0.25) is 4.79 Å². The summed E-state index contributed by atoms with van der Waals surface area (Å²) >= 11 is 6.01. The highest BCUT2D eigenvalue weighted by Gasteiger charge is 2.37. The topological polar surface area (TPSA) is 59.0 Å². The number of aromatic nitrogens is 2. The zero-order valence-corrected chi connectivity index (χ0v) is 18.5. The van der Waals surface area contributed by atoms with E-state index in [-0.39, 0.29) is 17.5 Å². The number of nitrogens with one attached hydrogen (secondary N) is 2. The summed E-state index contributed by atoms with van der Waals surface area (Å²) < 4.78 is 1.93. The molecule has 0 fully saturated rings. The van der Waals surface area contributed by atoms with Crippen LogP contribution in [0.4, 0.5) is 5.82 Å². The second-order valence-corrected chi connectivity index (χ2v) is 9.47. The molecule has 1 aromatic heterocycles. The fourth-order valence-electron chi connectivity index (χ4n) is 4.09. The van der Waals surface area contributed by atoms with Gasteiger partial charge in [0.15, 0.2) is 0 Å². The van der Waals surface area contributed by atoms with Crippen molar-refractivity contribution in [1.82, 2.24) is 15.1 Å². The van der Waals surface area contributed by atoms with Crippen LogP contribution in [0.3, 0.4) is 0 Å². The molecule has 5 nitrogen and oxygen atoms in total. The predicted molar refractivity (Wildman–Crippen MR) is 121 cm³/mol. The molecular formula is C24H27ClN4O. The number of halogens is 1. The van der Waals surface area contributed by atoms with Gasteiger partial charge in [-0.25, -0.2) is 4.68 Å². The molecule has 0 spiro atoms. The van der Waals surface area contributed by atoms with Gasteiger partial charge < -0.3 is 10.6 Å². The highest BCUT2D eigenvalue weighted by Crippen LogP contribution is 2.40. The van der Waals surface area contributed by atoms with E-state index in [1.807, 2.05) is 61.0 Å². The van der Waals surface area contributed by atoms with Gasteiger partial charge in [-0.05, 0) is 57.4 Å². The molecule has 0 radical (unpaired) electrons. The number of amides is 1. The second kappa shape index (κ2) is 7.47. The molecule has 2 N–H and O–H groups in total. The Morgan fingerprint density at radius 3 is 2.50 bits per heavy atom. The van der Waals surface area contributed by atoms with Crippen molar-refractivity contribution in [2.24, 2.45) is 0 Å². The van der Waals surface area contributed by atoms with Crippen LogP contribution in [0, 0.1) is 0 Å². The third kappa shape index (κ3) is 3.82. The Labute approximate surface area is 182 Å². The number of nitrogens with zero attached hydrogens (tertiary/aromatic N) is 2. The monoisotopic (exact) mass is 422 g/mol. The normalized spacial score (nSPS) is 17.7. The maximum atomic E-state index is 13.3. The van der Waals surface area contributed by atoms with E-state index in [1.54, 1.807) is 6.20 Å². The number of fused-ring (bicyclic) bond motifs is 1. The number of hydrogen-bond donors (Lipinski definition) is 2. The fourth-order valence-corrected chi connectivity index (χ4v) is 4.22. The van der Waals surface area contributed by atoms with Crippen LogP contribution in [-0.2, 0) is 11.1 Å². The number of anilines is 1. The molecule has 1 aliphatic heterocycles. The summed E-state index contributed by atoms with van der Waals surface area (Å²) in [5.74, 6) is 0.595. The molecule has 1 aliphatic rings. The molecule has 0 aliphatic carbocycles. The Morgan fingerprint density at radius 1 is 1.17 bits per heavy atom. The van der Waals surface area contributed by atoms with E-state index in [9.17, 15) is 4.79 Å². The van der Waals surface area contributed by atoms with Crippen LogP contribution < -0.4 is 10.6 Å². The number of rotatable bonds is 4. The van der Waals surface area contributed by atoms with E-state index in [4.69, 9.17) is 11.6 Å². The fraction of sp³-hybridized carbons (Fsp3) is 0.333. The summed E-state index contributed by atoms with van der Waals surface area (Å²) in [4.78, 5) is 13.3. The average Bonchev–Trinajstić information content (AvgIpc) is 3.13. The van der Waals surface area contributed by atoms with Gasteiger partial charge in [0.25, 0.3) is 5.91 Å². The van der Waals surface area contributed by atoms with Crippen molar-refractivity contribution in [3.8, 4) is 0 Å². The Balaban J connectivity index is 1.63. The largest absolute Gasteiger partial charge is 0.363 e. The van der Waals surface area contributed by atoms with Crippen molar-refractivity contribution in [3.63, 3.8) is 0 Å². The lowest BCUT2D eigenvalue weighted by Gasteiger charge is -2.38. The van der Waals surface area contributed by atoms with Gasteiger partial charge >= 0.3 is 0 Å². The van der Waals surface area contributed by atoms with E-state index in [0.29, 0.717) is 10.6 Å². The molecule has 0 bridgehead atoms. The van der Waals surface area contributed by atoms with Crippen molar-refractivity contribution in [1.29, 1.82) is 0 Å². The van der Waals surface area contributed by atoms with E-state index in [2.05, 4.69) is 41.7 Å². The summed E-state index contributed by atoms with van der Waals surface area (Å²) in [5.41, 5.74) is 1.96. The molecule has 1 atom stereocenters. The Hall–Kier alpha value is -2.79. The third-order valence-corrected chi connectivity index (χ3v) is 6.05. The first-order valence-corrected chi connectivity index (χ1v) is 10.5. The number of carbonyl (C=O) groups is 1. The summed E-state index contributed by atoms with van der Waals surface area (Å²) in [6.07, 6.45) is 2.54. The summed E-state index contributed by atoms with van der Waals surface area (Å²) in [7, 11) is 0. The molecule has 4 rings (SSSR count). The number of carbonyl (C=O) groups excluding carboxylic acids is 1. The van der Waals surface area contributed by atoms with E-state index < -0.39 is 5.54 Å². The maximum Gasteiger partial charge on any atom is 0.257 e. The lowest BCUT2D eigenvalue weighted by molar-refractivity contribution is 0.0912. The second-order valence-electron chi connectivity index (χ2n) is 9.03. The smallest absolute Gasteiger partial charge is 0.257 e. The van der Waals surface area contributed by atoms with Crippen molar-refractivity contribution in [2.45, 2.75) is 51.2 Å². The molecule has 156 valence electrons. The molecule has 0 saturated carbocycles. The zero-order valence-electron chi connectivity index (χ0n) is 17.7. The SMILES string of the molecule is CC(C)(NC(=O)c1cnn2c1NC(c1ccccc1)CC2(C)C)c1ccc(Cl)cc1. The van der Waals surface area contributed by atoms with Gasteiger partial charge in [0, 0.05) is 5.02 Å². The zero-order chi connectivity index (χ0) is 21.5. The molecular weight excluding hydrogens is 396 g/mol. The molecule has 1 amide bonds. The maximum absolute atomic E-state index is 13.3. The minimum Gasteiger partial charge on any atom is -0.363 e. The van der Waals surface area contributed by atoms with Crippen LogP contribution in [0.25, 0.3) is 0 Å². The standard InChI is InChI=1S/C24H27ClN4O/c1-23(2)14-20(16-8-6-5-7-9-16)27-21-19(15-26-29(21)23)22(30)28-24(3,4)17-10-12-18(25)13-11-17/h5-13,15,20,27H,14H2,1-4H3,(H,28,30). The van der Waals surface area contributed by atoms with Crippen LogP contribution in [0.15, 0.2) is 60.8 Å². The number of benzene rings is 2. The average molecular weight is 423 g/mol. The highest BCUT2D eigenvalue weighted by molar-refractivity contribution is 6.30. The van der Waals surface area contributed by atoms with Gasteiger partial charge in [-0.15, -0.1) is 0 Å². The van der Waals surface area contributed by atoms with Crippen LogP contribution >= 0.6 is 11.6 Å². The predicted octanol–water partition coefficient (Wildman–Crippen LogP) is 5.49. The van der Waals surface area contributed by atoms with E-state index in [1.165, 1.54) is 5.56 Å². The summed E-state index contributed by atoms with van der Waals surface area (Å²) in [5, 5.41) is 11.9. The minimum atomic E-state index is -0.556. The molecule has 3 aromatic rings. The minimum absolute atomic E-state index is 0.112. The first-order valence-electron chi connectivity index (χ1n) is 10.2. The summed E-state index contributed by atoms with van der Waals surface area (Å²) in [6, 6.07) is 18.0. The quantitative estimate of drug-likeness (QED) is 0.584. The van der Waals surface area contributed by atoms with Crippen molar-refractivity contribution >= 4 is 23.3 Å². The van der Waals surface area contributed by atoms with Crippen LogP contribution in [0.1, 0.15) is 61.6 Å². The molecule has 6 heteroatoms. The van der Waals surface area contributed by atoms with Gasteiger partial charge in [-0.2, -0.15) is 5.10 Å². The lowest BCUT2D eigenvalue weighted by atomic mass is 9.89. The van der Waals surface area contributed by atoms with Crippen molar-refractivity contribution in [2.75, 3.05) is 5.32 Å². The summed E-state index contributed by atoms with van der Waals surface area (Å²) in [6.45, 7) is 8.27. The van der Waals surface area contributed by atoms with E-state index >= 15 is 0 Å². The van der Waals surface area contributed by atoms with Crippen LogP contribution in [-0.4, -0.2) is 15.7 Å². The molecule has 2 heterocycles. The van der Waals surface area contributed by atoms with Gasteiger partial charge in [0.2, 0.25) is 0 Å². The third-order valence-electron chi connectivity index (χ3n) is 5.80. The number of hydrogen-bond acceptors (Lipinski definition) is 3. The highest BCUT2D eigenvalue weighted by atomic mass is 35.5. The molecule has 0 saturated heterocycles. The Kier molecular flexibility index (Phi) is 5.10. The van der Waals surface area contributed by atoms with Crippen molar-refractivity contribution < 1.29 is 4.79 Å². The van der Waals surface area contributed by atoms with Gasteiger partial charge in [0.1, 0.15) is 11.4 Å². The van der Waals surface area contributed by atoms with Gasteiger partial charge in [0.05, 0.1) is 23.3 Å². The Morgan fingerprint density at radius 2 is 1.83 bits per heavy atom. The van der Waals surface area contributed by atoms with Crippen molar-refractivity contribution in [3.05, 3.63) is 82.5 Å². The van der Waals surface area contributed by atoms with E-state index in [0.717, 1.165) is 17.8 Å². The molecule has 2 aromatic carbocycles. The molecule has 30 heavy (non-hydrogen) atoms. The lowest BCUT2D eigenvalue weighted by Crippen LogP contribution is -2.42. The molecule has 1 unspecified atom stereocenters. The van der Waals surface area contributed by atoms with Crippen LogP contribution in [0.2, 0.25) is 5.02 Å². The van der Waals surface area contributed by atoms with Gasteiger partial charge in [-0.1, -0.05) is 54.1 Å². The first kappa shape index (κ1) is 20.5. The Bertz CT molecular complexity index is 1050. The first-order chi connectivity index (χ1) is 14.2. The van der Waals surface area contributed by atoms with Crippen LogP contribution in [0.5, 0.6) is 0 Å².